The van der Waals surface area contributed by atoms with Crippen LogP contribution in [0.2, 0.25) is 0 Å². The zero-order chi connectivity index (χ0) is 25.1. The van der Waals surface area contributed by atoms with Crippen LogP contribution < -0.4 is 0 Å². The molecule has 180 valence electrons. The van der Waals surface area contributed by atoms with Crippen molar-refractivity contribution < 1.29 is 18.3 Å². The molecule has 0 heterocycles. The molecule has 2 rings (SSSR count). The number of sulfone groups is 1. The maximum Gasteiger partial charge on any atom is 0.277 e. The molecule has 0 amide bonds. The third kappa shape index (κ3) is 5.58. The van der Waals surface area contributed by atoms with Crippen LogP contribution in [0.25, 0.3) is 0 Å². The molecule has 0 aliphatic heterocycles. The van der Waals surface area contributed by atoms with Crippen molar-refractivity contribution in [3.63, 3.8) is 0 Å². The summed E-state index contributed by atoms with van der Waals surface area (Å²) in [6.07, 6.45) is 0. The number of rotatable bonds is 10. The molecule has 2 aromatic rings. The van der Waals surface area contributed by atoms with Crippen molar-refractivity contribution in [2.75, 3.05) is 0 Å². The highest BCUT2D eigenvalue weighted by atomic mass is 79.9. The molecule has 8 nitrogen and oxygen atoms in total. The van der Waals surface area contributed by atoms with Gasteiger partial charge in [0.2, 0.25) is 9.84 Å². The highest BCUT2D eigenvalue weighted by Gasteiger charge is 2.34. The lowest BCUT2D eigenvalue weighted by atomic mass is 10.0. The highest BCUT2D eigenvalue weighted by molar-refractivity contribution is 9.09. The Bertz CT molecular complexity index is 1130. The van der Waals surface area contributed by atoms with E-state index < -0.39 is 19.7 Å². The molecular weight excluding hydrogens is 852 g/mol. The summed E-state index contributed by atoms with van der Waals surface area (Å²) in [6, 6.07) is 2.60. The molecule has 0 aliphatic carbocycles. The van der Waals surface area contributed by atoms with E-state index in [4.69, 9.17) is 0 Å². The van der Waals surface area contributed by atoms with Gasteiger partial charge in [-0.1, -0.05) is 95.6 Å². The van der Waals surface area contributed by atoms with Crippen molar-refractivity contribution in [2.24, 2.45) is 0 Å². The van der Waals surface area contributed by atoms with Gasteiger partial charge in [-0.3, -0.25) is 20.2 Å². The number of nitro benzene ring substituents is 2. The summed E-state index contributed by atoms with van der Waals surface area (Å²) in [5.41, 5.74) is 1.09. The minimum atomic E-state index is -4.23. The first kappa shape index (κ1) is 29.3. The van der Waals surface area contributed by atoms with Crippen LogP contribution in [0.3, 0.4) is 0 Å². The molecule has 0 radical (unpaired) electrons. The SMILES string of the molecule is O=[N+]([O-])c1c(CBr)cc(S(=O)(=O)c2cc(CBr)c([N+](=O)[O-])c(CBr)c2CBr)c(CBr)c1CBr. The molecule has 33 heavy (non-hydrogen) atoms. The van der Waals surface area contributed by atoms with Crippen molar-refractivity contribution >= 4 is 117 Å². The van der Waals surface area contributed by atoms with Gasteiger partial charge in [-0.15, -0.1) is 0 Å². The first-order chi connectivity index (χ1) is 15.5. The molecule has 2 aromatic carbocycles. The van der Waals surface area contributed by atoms with E-state index in [1.165, 1.54) is 12.1 Å². The number of nitro groups is 2. The third-order valence-corrected chi connectivity index (χ3v) is 10.2. The van der Waals surface area contributed by atoms with Gasteiger partial charge in [-0.25, -0.2) is 8.42 Å². The fourth-order valence-corrected chi connectivity index (χ4v) is 9.02. The summed E-state index contributed by atoms with van der Waals surface area (Å²) in [4.78, 5) is 22.2. The van der Waals surface area contributed by atoms with Gasteiger partial charge in [0.1, 0.15) is 0 Å². The average Bonchev–Trinajstić information content (AvgIpc) is 2.80. The van der Waals surface area contributed by atoms with Crippen molar-refractivity contribution in [3.8, 4) is 0 Å². The Labute approximate surface area is 240 Å². The molecule has 0 spiro atoms. The lowest BCUT2D eigenvalue weighted by molar-refractivity contribution is -0.386. The zero-order valence-electron chi connectivity index (χ0n) is 16.4. The Morgan fingerprint density at radius 2 is 0.909 bits per heavy atom. The van der Waals surface area contributed by atoms with Gasteiger partial charge >= 0.3 is 0 Å². The molecule has 0 saturated carbocycles. The van der Waals surface area contributed by atoms with E-state index in [-0.39, 0.29) is 86.5 Å². The van der Waals surface area contributed by atoms with Crippen molar-refractivity contribution in [2.45, 2.75) is 41.8 Å². The predicted molar refractivity (Wildman–Crippen MR) is 147 cm³/mol. The maximum atomic E-state index is 14.0. The van der Waals surface area contributed by atoms with Crippen LogP contribution >= 0.6 is 95.6 Å². The summed E-state index contributed by atoms with van der Waals surface area (Å²) in [5, 5.41) is 23.9. The molecule has 0 unspecified atom stereocenters. The number of hydrogen-bond acceptors (Lipinski definition) is 6. The summed E-state index contributed by atoms with van der Waals surface area (Å²) < 4.78 is 28.0. The summed E-state index contributed by atoms with van der Waals surface area (Å²) in [6.45, 7) is 0. The Morgan fingerprint density at radius 1 is 0.606 bits per heavy atom. The Morgan fingerprint density at radius 3 is 1.12 bits per heavy atom. The molecule has 0 saturated heterocycles. The third-order valence-electron chi connectivity index (χ3n) is 4.88. The van der Waals surface area contributed by atoms with E-state index in [0.717, 1.165) is 0 Å². The highest BCUT2D eigenvalue weighted by Crippen LogP contribution is 2.42. The van der Waals surface area contributed by atoms with Crippen LogP contribution in [-0.4, -0.2) is 18.3 Å². The minimum Gasteiger partial charge on any atom is -0.258 e. The predicted octanol–water partition coefficient (Wildman–Crippen LogP) is 7.71. The van der Waals surface area contributed by atoms with Crippen LogP contribution in [-0.2, 0) is 41.8 Å². The van der Waals surface area contributed by atoms with E-state index in [1.54, 1.807) is 0 Å². The average molecular weight is 866 g/mol. The molecule has 0 atom stereocenters. The van der Waals surface area contributed by atoms with Gasteiger partial charge in [0.05, 0.1) is 19.6 Å². The second kappa shape index (κ2) is 12.3. The van der Waals surface area contributed by atoms with Crippen LogP contribution in [0.15, 0.2) is 21.9 Å². The van der Waals surface area contributed by atoms with Crippen molar-refractivity contribution in [3.05, 3.63) is 65.7 Å². The maximum absolute atomic E-state index is 14.0. The Hall–Kier alpha value is 0.0700. The minimum absolute atomic E-state index is 0.0547. The second-order valence-corrected chi connectivity index (χ2v) is 11.7. The topological polar surface area (TPSA) is 120 Å². The smallest absolute Gasteiger partial charge is 0.258 e. The number of nitrogens with zero attached hydrogens (tertiary/aromatic N) is 2. The molecule has 0 aromatic heterocycles. The van der Waals surface area contributed by atoms with Gasteiger partial charge < -0.3 is 0 Å². The first-order valence-corrected chi connectivity index (χ1v) is 17.0. The second-order valence-electron chi connectivity index (χ2n) is 6.50. The summed E-state index contributed by atoms with van der Waals surface area (Å²) in [7, 11) is -4.23. The van der Waals surface area contributed by atoms with Crippen LogP contribution in [0, 0.1) is 20.2 Å². The van der Waals surface area contributed by atoms with Gasteiger partial charge in [0.15, 0.2) is 0 Å². The molecular formula is C18H14Br6N2O6S. The van der Waals surface area contributed by atoms with E-state index >= 15 is 0 Å². The molecule has 0 bridgehead atoms. The van der Waals surface area contributed by atoms with Crippen LogP contribution in [0.5, 0.6) is 0 Å². The van der Waals surface area contributed by atoms with Crippen molar-refractivity contribution in [1.29, 1.82) is 0 Å². The van der Waals surface area contributed by atoms with E-state index in [0.29, 0.717) is 0 Å². The lowest BCUT2D eigenvalue weighted by Gasteiger charge is -2.19. The van der Waals surface area contributed by atoms with E-state index in [2.05, 4.69) is 95.6 Å². The number of alkyl halides is 6. The first-order valence-electron chi connectivity index (χ1n) is 8.80. The van der Waals surface area contributed by atoms with Crippen LogP contribution in [0.1, 0.15) is 33.4 Å². The fraction of sp³-hybridized carbons (Fsp3) is 0.333. The quantitative estimate of drug-likeness (QED) is 0.137. The molecule has 0 fully saturated rings. The summed E-state index contributed by atoms with van der Waals surface area (Å²) in [5.74, 6) is 0. The standard InChI is InChI=1S/C18H14Br6N2O6S/c19-3-9-1-15(11(5-21)13(7-23)17(9)25(27)28)33(31,32)16-2-10(4-20)18(26(29)30)14(8-24)12(16)6-22/h1-2H,3-8H2. The summed E-state index contributed by atoms with van der Waals surface area (Å²) >= 11 is 19.5. The molecule has 15 heteroatoms. The Balaban J connectivity index is 3.07. The van der Waals surface area contributed by atoms with Crippen LogP contribution in [0.4, 0.5) is 11.4 Å². The molecule has 0 N–H and O–H groups in total. The van der Waals surface area contributed by atoms with Crippen molar-refractivity contribution in [1.82, 2.24) is 0 Å². The van der Waals surface area contributed by atoms with Gasteiger partial charge in [-0.2, -0.15) is 0 Å². The Kier molecular flexibility index (Phi) is 11.0. The zero-order valence-corrected chi connectivity index (χ0v) is 26.7. The van der Waals surface area contributed by atoms with E-state index in [1.807, 2.05) is 0 Å². The monoisotopic (exact) mass is 860 g/mol. The number of halogens is 6. The van der Waals surface area contributed by atoms with Gasteiger partial charge in [-0.05, 0) is 23.3 Å². The normalized spacial score (nSPS) is 11.6. The van der Waals surface area contributed by atoms with Gasteiger partial charge in [0.25, 0.3) is 11.4 Å². The molecule has 0 aliphatic rings. The lowest BCUT2D eigenvalue weighted by Crippen LogP contribution is -2.14. The van der Waals surface area contributed by atoms with E-state index in [9.17, 15) is 28.6 Å². The fourth-order valence-electron chi connectivity index (χ4n) is 3.44. The number of benzene rings is 2. The largest absolute Gasteiger partial charge is 0.277 e. The number of hydrogen-bond donors (Lipinski definition) is 0. The van der Waals surface area contributed by atoms with Gasteiger partial charge in [0, 0.05) is 54.2 Å².